The van der Waals surface area contributed by atoms with E-state index in [4.69, 9.17) is 10.2 Å². The van der Waals surface area contributed by atoms with E-state index in [-0.39, 0.29) is 5.91 Å². The number of carbonyl (C=O) groups is 1. The molecule has 0 unspecified atom stereocenters. The number of nitrogens with two attached hydrogens (primary N) is 1. The van der Waals surface area contributed by atoms with Crippen LogP contribution in [0.1, 0.15) is 23.0 Å². The molecule has 5 nitrogen and oxygen atoms in total. The Balaban J connectivity index is 2.37. The number of carbonyl (C=O) groups excluding carboxylic acids is 1. The van der Waals surface area contributed by atoms with E-state index in [2.05, 4.69) is 10.2 Å². The first kappa shape index (κ1) is 14.0. The second-order valence-corrected chi connectivity index (χ2v) is 4.45. The Labute approximate surface area is 118 Å². The van der Waals surface area contributed by atoms with Crippen molar-refractivity contribution in [2.75, 3.05) is 24.2 Å². The van der Waals surface area contributed by atoms with Gasteiger partial charge in [0.2, 0.25) is 0 Å². The molecule has 0 spiro atoms. The summed E-state index contributed by atoms with van der Waals surface area (Å²) in [5.74, 6) is 0.718. The summed E-state index contributed by atoms with van der Waals surface area (Å²) in [6.07, 6.45) is 1.64. The van der Waals surface area contributed by atoms with Gasteiger partial charge in [-0.25, -0.2) is 0 Å². The fraction of sp³-hybridized carbons (Fsp3) is 0.267. The van der Waals surface area contributed by atoms with Crippen LogP contribution in [-0.2, 0) is 6.54 Å². The summed E-state index contributed by atoms with van der Waals surface area (Å²) in [5.41, 5.74) is 7.90. The van der Waals surface area contributed by atoms with E-state index in [9.17, 15) is 4.79 Å². The Kier molecular flexibility index (Phi) is 4.30. The fourth-order valence-electron chi connectivity index (χ4n) is 2.09. The van der Waals surface area contributed by atoms with Crippen LogP contribution in [0.25, 0.3) is 0 Å². The fourth-order valence-corrected chi connectivity index (χ4v) is 2.09. The van der Waals surface area contributed by atoms with Gasteiger partial charge in [0.15, 0.2) is 0 Å². The van der Waals surface area contributed by atoms with Crippen molar-refractivity contribution in [3.63, 3.8) is 0 Å². The van der Waals surface area contributed by atoms with Crippen LogP contribution in [0.3, 0.4) is 0 Å². The molecule has 0 atom stereocenters. The lowest BCUT2D eigenvalue weighted by atomic mass is 10.1. The first-order chi connectivity index (χ1) is 9.65. The summed E-state index contributed by atoms with van der Waals surface area (Å²) >= 11 is 0. The minimum atomic E-state index is -0.127. The Morgan fingerprint density at radius 3 is 2.80 bits per heavy atom. The number of rotatable bonds is 5. The molecule has 1 amide bonds. The number of furan rings is 1. The van der Waals surface area contributed by atoms with E-state index in [0.29, 0.717) is 17.8 Å². The minimum Gasteiger partial charge on any atom is -0.467 e. The second kappa shape index (κ2) is 6.14. The topological polar surface area (TPSA) is 71.5 Å². The number of nitrogens with one attached hydrogen (secondary N) is 1. The number of amides is 1. The lowest BCUT2D eigenvalue weighted by molar-refractivity contribution is 0.0963. The van der Waals surface area contributed by atoms with Gasteiger partial charge in [-0.2, -0.15) is 0 Å². The van der Waals surface area contributed by atoms with Crippen LogP contribution < -0.4 is 16.0 Å². The molecule has 0 fully saturated rings. The summed E-state index contributed by atoms with van der Waals surface area (Å²) in [6.45, 7) is 3.37. The highest BCUT2D eigenvalue weighted by Crippen LogP contribution is 2.25. The second-order valence-electron chi connectivity index (χ2n) is 4.45. The van der Waals surface area contributed by atoms with Gasteiger partial charge >= 0.3 is 0 Å². The maximum atomic E-state index is 12.0. The molecule has 5 heteroatoms. The molecule has 1 heterocycles. The van der Waals surface area contributed by atoms with Crippen molar-refractivity contribution in [1.29, 1.82) is 0 Å². The van der Waals surface area contributed by atoms with E-state index in [1.165, 1.54) is 0 Å². The standard InChI is InChI=1S/C15H19N3O2/c1-3-18(10-12-5-4-8-20-12)14-9-11(16)6-7-13(14)15(19)17-2/h4-9H,3,10,16H2,1-2H3,(H,17,19). The summed E-state index contributed by atoms with van der Waals surface area (Å²) in [7, 11) is 1.62. The number of hydrogen-bond acceptors (Lipinski definition) is 4. The molecule has 0 aliphatic heterocycles. The van der Waals surface area contributed by atoms with Gasteiger partial charge in [0, 0.05) is 19.3 Å². The van der Waals surface area contributed by atoms with Crippen LogP contribution in [0.2, 0.25) is 0 Å². The van der Waals surface area contributed by atoms with Crippen molar-refractivity contribution in [2.24, 2.45) is 0 Å². The van der Waals surface area contributed by atoms with E-state index in [0.717, 1.165) is 18.0 Å². The molecular weight excluding hydrogens is 254 g/mol. The van der Waals surface area contributed by atoms with Gasteiger partial charge in [0.1, 0.15) is 5.76 Å². The average Bonchev–Trinajstić information content (AvgIpc) is 2.97. The van der Waals surface area contributed by atoms with Crippen molar-refractivity contribution in [2.45, 2.75) is 13.5 Å². The van der Waals surface area contributed by atoms with Crippen LogP contribution in [-0.4, -0.2) is 19.5 Å². The molecule has 0 bridgehead atoms. The normalized spacial score (nSPS) is 10.3. The number of anilines is 2. The van der Waals surface area contributed by atoms with Crippen LogP contribution in [0.4, 0.5) is 11.4 Å². The summed E-state index contributed by atoms with van der Waals surface area (Å²) in [5, 5.41) is 2.65. The SMILES string of the molecule is CCN(Cc1ccco1)c1cc(N)ccc1C(=O)NC. The van der Waals surface area contributed by atoms with Crippen molar-refractivity contribution in [1.82, 2.24) is 5.32 Å². The van der Waals surface area contributed by atoms with Gasteiger partial charge < -0.3 is 20.4 Å². The van der Waals surface area contributed by atoms with Crippen LogP contribution in [0, 0.1) is 0 Å². The zero-order valence-electron chi connectivity index (χ0n) is 11.7. The highest BCUT2D eigenvalue weighted by atomic mass is 16.3. The van der Waals surface area contributed by atoms with E-state index in [1.807, 2.05) is 25.1 Å². The molecule has 20 heavy (non-hydrogen) atoms. The van der Waals surface area contributed by atoms with E-state index >= 15 is 0 Å². The van der Waals surface area contributed by atoms with Crippen LogP contribution in [0.15, 0.2) is 41.0 Å². The maximum absolute atomic E-state index is 12.0. The molecule has 106 valence electrons. The smallest absolute Gasteiger partial charge is 0.253 e. The maximum Gasteiger partial charge on any atom is 0.253 e. The Morgan fingerprint density at radius 1 is 1.40 bits per heavy atom. The number of benzene rings is 1. The molecule has 0 saturated carbocycles. The number of hydrogen-bond donors (Lipinski definition) is 2. The molecule has 0 aliphatic carbocycles. The van der Waals surface area contributed by atoms with Gasteiger partial charge in [0.05, 0.1) is 24.1 Å². The quantitative estimate of drug-likeness (QED) is 0.820. The predicted octanol–water partition coefficient (Wildman–Crippen LogP) is 2.25. The summed E-state index contributed by atoms with van der Waals surface area (Å²) in [6, 6.07) is 9.05. The predicted molar refractivity (Wildman–Crippen MR) is 79.7 cm³/mol. The van der Waals surface area contributed by atoms with Crippen molar-refractivity contribution >= 4 is 17.3 Å². The van der Waals surface area contributed by atoms with Gasteiger partial charge in [-0.3, -0.25) is 4.79 Å². The van der Waals surface area contributed by atoms with Crippen molar-refractivity contribution < 1.29 is 9.21 Å². The third-order valence-corrected chi connectivity index (χ3v) is 3.14. The number of nitrogen functional groups attached to an aromatic ring is 1. The summed E-state index contributed by atoms with van der Waals surface area (Å²) < 4.78 is 5.37. The minimum absolute atomic E-state index is 0.127. The van der Waals surface area contributed by atoms with Gasteiger partial charge in [0.25, 0.3) is 5.91 Å². The zero-order chi connectivity index (χ0) is 14.5. The molecule has 2 rings (SSSR count). The van der Waals surface area contributed by atoms with Crippen LogP contribution in [0.5, 0.6) is 0 Å². The average molecular weight is 273 g/mol. The Bertz CT molecular complexity index is 579. The van der Waals surface area contributed by atoms with Crippen LogP contribution >= 0.6 is 0 Å². The van der Waals surface area contributed by atoms with Gasteiger partial charge in [-0.15, -0.1) is 0 Å². The number of nitrogens with zero attached hydrogens (tertiary/aromatic N) is 1. The third kappa shape index (κ3) is 2.93. The Hall–Kier alpha value is -2.43. The van der Waals surface area contributed by atoms with Gasteiger partial charge in [-0.05, 0) is 37.3 Å². The highest BCUT2D eigenvalue weighted by molar-refractivity contribution is 6.00. The first-order valence-electron chi connectivity index (χ1n) is 6.54. The summed E-state index contributed by atoms with van der Waals surface area (Å²) in [4.78, 5) is 14.0. The molecule has 0 aliphatic rings. The molecule has 1 aromatic heterocycles. The molecule has 0 radical (unpaired) electrons. The monoisotopic (exact) mass is 273 g/mol. The van der Waals surface area contributed by atoms with E-state index < -0.39 is 0 Å². The lowest BCUT2D eigenvalue weighted by Crippen LogP contribution is -2.27. The highest BCUT2D eigenvalue weighted by Gasteiger charge is 2.16. The zero-order valence-corrected chi connectivity index (χ0v) is 11.7. The van der Waals surface area contributed by atoms with Crippen molar-refractivity contribution in [3.05, 3.63) is 47.9 Å². The van der Waals surface area contributed by atoms with Crippen molar-refractivity contribution in [3.8, 4) is 0 Å². The molecular formula is C15H19N3O2. The molecule has 3 N–H and O–H groups in total. The van der Waals surface area contributed by atoms with Gasteiger partial charge in [-0.1, -0.05) is 0 Å². The molecule has 1 aromatic carbocycles. The molecule has 0 saturated heterocycles. The molecule has 2 aromatic rings. The first-order valence-corrected chi connectivity index (χ1v) is 6.54. The Morgan fingerprint density at radius 2 is 2.20 bits per heavy atom. The van der Waals surface area contributed by atoms with E-state index in [1.54, 1.807) is 25.4 Å². The third-order valence-electron chi connectivity index (χ3n) is 3.14. The lowest BCUT2D eigenvalue weighted by Gasteiger charge is -2.24. The largest absolute Gasteiger partial charge is 0.467 e.